The standard InChI is InChI=1S/C8H18O6/c1-13-5(3-9)7(11)8(12)6(4-10)14-2/h5-12H,3-4H2,1-2H3/t5-,6+,7-,8-/m1/s1. The van der Waals surface area contributed by atoms with Gasteiger partial charge in [0.05, 0.1) is 13.2 Å². The van der Waals surface area contributed by atoms with E-state index in [1.165, 1.54) is 14.2 Å². The van der Waals surface area contributed by atoms with Crippen LogP contribution in [0.25, 0.3) is 0 Å². The molecule has 6 nitrogen and oxygen atoms in total. The van der Waals surface area contributed by atoms with Gasteiger partial charge in [0.25, 0.3) is 0 Å². The molecule has 4 atom stereocenters. The fourth-order valence-corrected chi connectivity index (χ4v) is 1.08. The first-order chi connectivity index (χ1) is 6.62. The van der Waals surface area contributed by atoms with Gasteiger partial charge in [-0.1, -0.05) is 0 Å². The van der Waals surface area contributed by atoms with E-state index in [1.54, 1.807) is 0 Å². The molecule has 0 fully saturated rings. The molecule has 0 aliphatic rings. The van der Waals surface area contributed by atoms with Gasteiger partial charge in [0.15, 0.2) is 0 Å². The lowest BCUT2D eigenvalue weighted by Crippen LogP contribution is -2.48. The van der Waals surface area contributed by atoms with Crippen molar-refractivity contribution < 1.29 is 29.9 Å². The van der Waals surface area contributed by atoms with Crippen LogP contribution < -0.4 is 0 Å². The number of aliphatic hydroxyl groups excluding tert-OH is 4. The summed E-state index contributed by atoms with van der Waals surface area (Å²) in [5.41, 5.74) is 0. The van der Waals surface area contributed by atoms with Crippen LogP contribution in [-0.2, 0) is 9.47 Å². The van der Waals surface area contributed by atoms with Crippen molar-refractivity contribution in [2.24, 2.45) is 0 Å². The average Bonchev–Trinajstić information content (AvgIpc) is 2.21. The summed E-state index contributed by atoms with van der Waals surface area (Å²) in [4.78, 5) is 0. The number of ether oxygens (including phenoxy) is 2. The molecule has 0 rings (SSSR count). The molecule has 0 unspecified atom stereocenters. The number of rotatable bonds is 7. The third-order valence-corrected chi connectivity index (χ3v) is 2.08. The van der Waals surface area contributed by atoms with Crippen molar-refractivity contribution in [2.75, 3.05) is 27.4 Å². The highest BCUT2D eigenvalue weighted by atomic mass is 16.5. The molecular weight excluding hydrogens is 192 g/mol. The monoisotopic (exact) mass is 210 g/mol. The normalized spacial score (nSPS) is 20.1. The molecule has 0 radical (unpaired) electrons. The highest BCUT2D eigenvalue weighted by molar-refractivity contribution is 4.81. The van der Waals surface area contributed by atoms with E-state index in [1.807, 2.05) is 0 Å². The second-order valence-corrected chi connectivity index (χ2v) is 2.89. The predicted molar refractivity (Wildman–Crippen MR) is 47.8 cm³/mol. The van der Waals surface area contributed by atoms with Crippen molar-refractivity contribution in [3.63, 3.8) is 0 Å². The van der Waals surface area contributed by atoms with Crippen molar-refractivity contribution in [2.45, 2.75) is 24.4 Å². The molecule has 86 valence electrons. The van der Waals surface area contributed by atoms with E-state index in [4.69, 9.17) is 19.7 Å². The maximum absolute atomic E-state index is 9.48. The molecular formula is C8H18O6. The second-order valence-electron chi connectivity index (χ2n) is 2.89. The predicted octanol–water partition coefficient (Wildman–Crippen LogP) is -2.28. The molecule has 0 aromatic rings. The lowest BCUT2D eigenvalue weighted by molar-refractivity contribution is -0.140. The molecule has 14 heavy (non-hydrogen) atoms. The summed E-state index contributed by atoms with van der Waals surface area (Å²) in [7, 11) is 2.61. The van der Waals surface area contributed by atoms with Gasteiger partial charge in [-0.3, -0.25) is 0 Å². The van der Waals surface area contributed by atoms with E-state index in [0.29, 0.717) is 0 Å². The van der Waals surface area contributed by atoms with Crippen molar-refractivity contribution in [3.8, 4) is 0 Å². The van der Waals surface area contributed by atoms with Crippen LogP contribution in [0.4, 0.5) is 0 Å². The molecule has 4 N–H and O–H groups in total. The van der Waals surface area contributed by atoms with Crippen LogP contribution >= 0.6 is 0 Å². The minimum absolute atomic E-state index is 0.420. The zero-order chi connectivity index (χ0) is 11.1. The number of methoxy groups -OCH3 is 2. The van der Waals surface area contributed by atoms with Crippen LogP contribution in [0.3, 0.4) is 0 Å². The molecule has 0 amide bonds. The molecule has 0 aromatic carbocycles. The van der Waals surface area contributed by atoms with Gasteiger partial charge in [-0.15, -0.1) is 0 Å². The Morgan fingerprint density at radius 2 is 1.14 bits per heavy atom. The van der Waals surface area contributed by atoms with Crippen LogP contribution in [0.2, 0.25) is 0 Å². The molecule has 0 aromatic heterocycles. The van der Waals surface area contributed by atoms with Gasteiger partial charge in [0.2, 0.25) is 0 Å². The first kappa shape index (κ1) is 13.8. The topological polar surface area (TPSA) is 99.4 Å². The van der Waals surface area contributed by atoms with E-state index < -0.39 is 37.6 Å². The third kappa shape index (κ3) is 3.49. The zero-order valence-corrected chi connectivity index (χ0v) is 8.33. The maximum atomic E-state index is 9.48. The molecule has 0 saturated carbocycles. The summed E-state index contributed by atoms with van der Waals surface area (Å²) in [5.74, 6) is 0. The lowest BCUT2D eigenvalue weighted by atomic mass is 10.0. The first-order valence-corrected chi connectivity index (χ1v) is 4.25. The van der Waals surface area contributed by atoms with E-state index in [0.717, 1.165) is 0 Å². The Bertz CT molecular complexity index is 118. The first-order valence-electron chi connectivity index (χ1n) is 4.25. The van der Waals surface area contributed by atoms with E-state index in [-0.39, 0.29) is 0 Å². The van der Waals surface area contributed by atoms with Gasteiger partial charge in [0, 0.05) is 14.2 Å². The smallest absolute Gasteiger partial charge is 0.111 e. The average molecular weight is 210 g/mol. The summed E-state index contributed by atoms with van der Waals surface area (Å²) in [5, 5.41) is 36.5. The SMILES string of the molecule is CO[C@@H](CO)[C@@H](O)[C@H](O)[C@@H](CO)OC. The Morgan fingerprint density at radius 3 is 1.29 bits per heavy atom. The van der Waals surface area contributed by atoms with Gasteiger partial charge in [-0.05, 0) is 0 Å². The lowest BCUT2D eigenvalue weighted by Gasteiger charge is -2.28. The fourth-order valence-electron chi connectivity index (χ4n) is 1.08. The van der Waals surface area contributed by atoms with Gasteiger partial charge in [-0.2, -0.15) is 0 Å². The van der Waals surface area contributed by atoms with Crippen molar-refractivity contribution in [1.82, 2.24) is 0 Å². The summed E-state index contributed by atoms with van der Waals surface area (Å²) in [6.07, 6.45) is -4.40. The Morgan fingerprint density at radius 1 is 0.857 bits per heavy atom. The molecule has 0 heterocycles. The minimum Gasteiger partial charge on any atom is -0.394 e. The molecule has 0 aliphatic heterocycles. The summed E-state index contributed by atoms with van der Waals surface area (Å²) < 4.78 is 9.45. The van der Waals surface area contributed by atoms with Crippen molar-refractivity contribution in [3.05, 3.63) is 0 Å². The summed E-state index contributed by atoms with van der Waals surface area (Å²) in [6.45, 7) is -0.840. The van der Waals surface area contributed by atoms with Gasteiger partial charge < -0.3 is 29.9 Å². The van der Waals surface area contributed by atoms with E-state index in [9.17, 15) is 10.2 Å². The van der Waals surface area contributed by atoms with Crippen molar-refractivity contribution in [1.29, 1.82) is 0 Å². The Kier molecular flexibility index (Phi) is 6.98. The Labute approximate surface area is 82.7 Å². The van der Waals surface area contributed by atoms with Crippen molar-refractivity contribution >= 4 is 0 Å². The third-order valence-electron chi connectivity index (χ3n) is 2.08. The summed E-state index contributed by atoms with van der Waals surface area (Å²) >= 11 is 0. The molecule has 0 aliphatic carbocycles. The highest BCUT2D eigenvalue weighted by Crippen LogP contribution is 2.09. The van der Waals surface area contributed by atoms with Gasteiger partial charge in [-0.25, -0.2) is 0 Å². The maximum Gasteiger partial charge on any atom is 0.111 e. The van der Waals surface area contributed by atoms with E-state index in [2.05, 4.69) is 0 Å². The van der Waals surface area contributed by atoms with Crippen LogP contribution in [0.15, 0.2) is 0 Å². The Balaban J connectivity index is 4.26. The molecule has 0 spiro atoms. The molecule has 0 saturated heterocycles. The zero-order valence-electron chi connectivity index (χ0n) is 8.33. The molecule has 0 bridgehead atoms. The Hall–Kier alpha value is -0.240. The van der Waals surface area contributed by atoms with Crippen LogP contribution in [0, 0.1) is 0 Å². The quantitative estimate of drug-likeness (QED) is 0.378. The number of hydrogen-bond donors (Lipinski definition) is 4. The van der Waals surface area contributed by atoms with Gasteiger partial charge in [0.1, 0.15) is 24.4 Å². The largest absolute Gasteiger partial charge is 0.394 e. The highest BCUT2D eigenvalue weighted by Gasteiger charge is 2.31. The van der Waals surface area contributed by atoms with Crippen LogP contribution in [0.5, 0.6) is 0 Å². The van der Waals surface area contributed by atoms with Crippen LogP contribution in [-0.4, -0.2) is 72.3 Å². The fraction of sp³-hybridized carbons (Fsp3) is 1.00. The van der Waals surface area contributed by atoms with Crippen LogP contribution in [0.1, 0.15) is 0 Å². The molecule has 6 heteroatoms. The van der Waals surface area contributed by atoms with Gasteiger partial charge >= 0.3 is 0 Å². The number of hydrogen-bond acceptors (Lipinski definition) is 6. The second kappa shape index (κ2) is 7.10. The van der Waals surface area contributed by atoms with E-state index >= 15 is 0 Å². The number of aliphatic hydroxyl groups is 4. The summed E-state index contributed by atoms with van der Waals surface area (Å²) in [6, 6.07) is 0. The minimum atomic E-state index is -1.30.